The molecule has 6 nitrogen and oxygen atoms in total. The molecule has 7 heteroatoms. The Morgan fingerprint density at radius 3 is 1.41 bits per heavy atom. The number of methoxy groups -OCH3 is 1. The zero-order valence-electron chi connectivity index (χ0n) is 19.7. The summed E-state index contributed by atoms with van der Waals surface area (Å²) in [7, 11) is 3.39. The van der Waals surface area contributed by atoms with E-state index >= 15 is 0 Å². The minimum Gasteiger partial charge on any atom is -0.398 e. The van der Waals surface area contributed by atoms with E-state index in [2.05, 4.69) is 6.55 Å². The van der Waals surface area contributed by atoms with Crippen molar-refractivity contribution < 1.29 is 27.8 Å². The van der Waals surface area contributed by atoms with Gasteiger partial charge < -0.3 is 27.8 Å². The molecule has 0 aromatic carbocycles. The third-order valence-corrected chi connectivity index (χ3v) is 8.15. The van der Waals surface area contributed by atoms with Gasteiger partial charge in [-0.2, -0.15) is 0 Å². The highest BCUT2D eigenvalue weighted by Gasteiger charge is 2.27. The number of hydrogen-bond acceptors (Lipinski definition) is 6. The highest BCUT2D eigenvalue weighted by atomic mass is 28.4. The Kier molecular flexibility index (Phi) is 22.6. The highest BCUT2D eigenvalue weighted by Crippen LogP contribution is 2.17. The molecule has 176 valence electrons. The molecule has 0 saturated carbocycles. The first kappa shape index (κ1) is 29.0. The van der Waals surface area contributed by atoms with Crippen LogP contribution in [0, 0.1) is 0 Å². The Morgan fingerprint density at radius 1 is 0.448 bits per heavy atom. The van der Waals surface area contributed by atoms with E-state index in [1.54, 1.807) is 21.3 Å². The molecule has 29 heavy (non-hydrogen) atoms. The van der Waals surface area contributed by atoms with E-state index in [0.29, 0.717) is 26.4 Å². The fourth-order valence-corrected chi connectivity index (χ4v) is 4.47. The van der Waals surface area contributed by atoms with Crippen LogP contribution in [0.4, 0.5) is 0 Å². The molecule has 0 rings (SSSR count). The van der Waals surface area contributed by atoms with Crippen molar-refractivity contribution in [2.75, 3.05) is 67.6 Å². The zero-order chi connectivity index (χ0) is 21.5. The van der Waals surface area contributed by atoms with E-state index < -0.39 is 8.56 Å². The average Bonchev–Trinajstić information content (AvgIpc) is 2.74. The summed E-state index contributed by atoms with van der Waals surface area (Å²) in [6.07, 6.45) is 12.7. The van der Waals surface area contributed by atoms with Gasteiger partial charge >= 0.3 is 8.56 Å². The molecule has 0 aliphatic rings. The molecule has 0 bridgehead atoms. The molecular weight excluding hydrogens is 388 g/mol. The molecular formula is C22H48O6Si. The van der Waals surface area contributed by atoms with Gasteiger partial charge in [-0.05, 0) is 25.4 Å². The molecule has 0 spiro atoms. The Labute approximate surface area is 181 Å². The van der Waals surface area contributed by atoms with E-state index in [4.69, 9.17) is 27.8 Å². The van der Waals surface area contributed by atoms with Crippen molar-refractivity contribution in [1.82, 2.24) is 0 Å². The van der Waals surface area contributed by atoms with Gasteiger partial charge in [-0.15, -0.1) is 0 Å². The van der Waals surface area contributed by atoms with E-state index in [0.717, 1.165) is 32.3 Å². The molecule has 0 amide bonds. The normalized spacial score (nSPS) is 12.0. The standard InChI is InChI=1S/C22H48O6Si/c1-23-18-19-28-21-20-27-17-14-16-26-15-12-10-8-6-5-7-9-11-13-22-29(4,24-2)25-3/h5-22H2,1-4H3. The van der Waals surface area contributed by atoms with Gasteiger partial charge in [-0.1, -0.05) is 51.4 Å². The van der Waals surface area contributed by atoms with Crippen LogP contribution in [-0.4, -0.2) is 76.1 Å². The summed E-state index contributed by atoms with van der Waals surface area (Å²) < 4.78 is 32.4. The lowest BCUT2D eigenvalue weighted by molar-refractivity contribution is 0.0181. The van der Waals surface area contributed by atoms with Crippen molar-refractivity contribution in [1.29, 1.82) is 0 Å². The van der Waals surface area contributed by atoms with E-state index in [1.165, 1.54) is 57.8 Å². The van der Waals surface area contributed by atoms with Gasteiger partial charge in [0.2, 0.25) is 0 Å². The van der Waals surface area contributed by atoms with Crippen molar-refractivity contribution >= 4 is 8.56 Å². The van der Waals surface area contributed by atoms with Gasteiger partial charge in [0.15, 0.2) is 0 Å². The monoisotopic (exact) mass is 436 g/mol. The summed E-state index contributed by atoms with van der Waals surface area (Å²) in [4.78, 5) is 0. The fourth-order valence-electron chi connectivity index (χ4n) is 3.00. The largest absolute Gasteiger partial charge is 0.398 e. The fraction of sp³-hybridized carbons (Fsp3) is 1.00. The Balaban J connectivity index is 3.10. The van der Waals surface area contributed by atoms with Gasteiger partial charge in [0, 0.05) is 41.2 Å². The van der Waals surface area contributed by atoms with E-state index in [9.17, 15) is 0 Å². The Morgan fingerprint density at radius 2 is 0.862 bits per heavy atom. The van der Waals surface area contributed by atoms with Gasteiger partial charge in [-0.25, -0.2) is 0 Å². The molecule has 0 aromatic rings. The third kappa shape index (κ3) is 21.0. The van der Waals surface area contributed by atoms with Crippen molar-refractivity contribution in [3.05, 3.63) is 0 Å². The van der Waals surface area contributed by atoms with Crippen LogP contribution in [0.5, 0.6) is 0 Å². The first-order valence-electron chi connectivity index (χ1n) is 11.5. The SMILES string of the molecule is COCCOCCOCCCOCCCCCCCCCCC[Si](C)(OC)OC. The van der Waals surface area contributed by atoms with Crippen LogP contribution in [0.15, 0.2) is 0 Å². The summed E-state index contributed by atoms with van der Waals surface area (Å²) in [5.74, 6) is 0. The van der Waals surface area contributed by atoms with Crippen LogP contribution in [-0.2, 0) is 27.8 Å². The molecule has 0 radical (unpaired) electrons. The van der Waals surface area contributed by atoms with Crippen molar-refractivity contribution in [2.45, 2.75) is 76.8 Å². The molecule has 0 unspecified atom stereocenters. The van der Waals surface area contributed by atoms with Crippen molar-refractivity contribution in [3.8, 4) is 0 Å². The van der Waals surface area contributed by atoms with Crippen LogP contribution in [0.3, 0.4) is 0 Å². The van der Waals surface area contributed by atoms with Crippen molar-refractivity contribution in [3.63, 3.8) is 0 Å². The molecule has 0 saturated heterocycles. The second-order valence-corrected chi connectivity index (χ2v) is 11.2. The molecule has 0 aliphatic carbocycles. The topological polar surface area (TPSA) is 55.4 Å². The molecule has 0 atom stereocenters. The van der Waals surface area contributed by atoms with Gasteiger partial charge in [0.05, 0.1) is 26.4 Å². The van der Waals surface area contributed by atoms with Crippen LogP contribution in [0.1, 0.15) is 64.2 Å². The predicted molar refractivity (Wildman–Crippen MR) is 121 cm³/mol. The van der Waals surface area contributed by atoms with E-state index in [1.807, 2.05) is 0 Å². The van der Waals surface area contributed by atoms with Crippen LogP contribution >= 0.6 is 0 Å². The lowest BCUT2D eigenvalue weighted by Gasteiger charge is -2.22. The number of rotatable bonds is 24. The highest BCUT2D eigenvalue weighted by molar-refractivity contribution is 6.65. The second-order valence-electron chi connectivity index (χ2n) is 7.66. The van der Waals surface area contributed by atoms with Crippen LogP contribution in [0.2, 0.25) is 12.6 Å². The first-order valence-corrected chi connectivity index (χ1v) is 14.0. The maximum Gasteiger partial charge on any atom is 0.334 e. The summed E-state index contributed by atoms with van der Waals surface area (Å²) in [5, 5.41) is 0. The molecule has 0 N–H and O–H groups in total. The van der Waals surface area contributed by atoms with Gasteiger partial charge in [-0.3, -0.25) is 0 Å². The van der Waals surface area contributed by atoms with Crippen LogP contribution in [0.25, 0.3) is 0 Å². The maximum absolute atomic E-state index is 5.67. The first-order chi connectivity index (χ1) is 14.2. The second kappa shape index (κ2) is 22.7. The predicted octanol–water partition coefficient (Wildman–Crippen LogP) is 4.95. The lowest BCUT2D eigenvalue weighted by Crippen LogP contribution is -2.35. The molecule has 0 aromatic heterocycles. The Bertz CT molecular complexity index is 316. The summed E-state index contributed by atoms with van der Waals surface area (Å²) in [6.45, 7) is 7.10. The number of hydrogen-bond donors (Lipinski definition) is 0. The minimum atomic E-state index is -1.84. The minimum absolute atomic E-state index is 0.632. The smallest absolute Gasteiger partial charge is 0.334 e. The lowest BCUT2D eigenvalue weighted by atomic mass is 10.1. The van der Waals surface area contributed by atoms with Crippen LogP contribution < -0.4 is 0 Å². The van der Waals surface area contributed by atoms with E-state index in [-0.39, 0.29) is 0 Å². The summed E-state index contributed by atoms with van der Waals surface area (Å²) in [5.41, 5.74) is 0. The molecule has 0 fully saturated rings. The quantitative estimate of drug-likeness (QED) is 0.158. The Hall–Kier alpha value is -0.0231. The zero-order valence-corrected chi connectivity index (χ0v) is 20.7. The summed E-state index contributed by atoms with van der Waals surface area (Å²) >= 11 is 0. The summed E-state index contributed by atoms with van der Waals surface area (Å²) in [6, 6.07) is 1.11. The average molecular weight is 437 g/mol. The van der Waals surface area contributed by atoms with Gasteiger partial charge in [0.25, 0.3) is 0 Å². The number of ether oxygens (including phenoxy) is 4. The van der Waals surface area contributed by atoms with Crippen molar-refractivity contribution in [2.24, 2.45) is 0 Å². The number of unbranched alkanes of at least 4 members (excludes halogenated alkanes) is 8. The molecule has 0 aliphatic heterocycles. The molecule has 0 heterocycles. The van der Waals surface area contributed by atoms with Gasteiger partial charge in [0.1, 0.15) is 0 Å². The third-order valence-electron chi connectivity index (χ3n) is 5.16. The maximum atomic E-state index is 5.67.